The van der Waals surface area contributed by atoms with Crippen molar-refractivity contribution in [1.82, 2.24) is 15.2 Å². The monoisotopic (exact) mass is 287 g/mol. The van der Waals surface area contributed by atoms with Crippen LogP contribution in [0, 0.1) is 0 Å². The van der Waals surface area contributed by atoms with Crippen LogP contribution >= 0.6 is 24.8 Å². The first kappa shape index (κ1) is 16.6. The van der Waals surface area contributed by atoms with Crippen LogP contribution in [0.1, 0.15) is 11.7 Å². The fraction of sp³-hybridized carbons (Fsp3) is 0.600. The molecule has 17 heavy (non-hydrogen) atoms. The molecule has 0 saturated carbocycles. The molecule has 0 unspecified atom stereocenters. The van der Waals surface area contributed by atoms with E-state index in [1.54, 1.807) is 18.3 Å². The van der Waals surface area contributed by atoms with Crippen molar-refractivity contribution in [2.45, 2.75) is 12.5 Å². The average Bonchev–Trinajstić information content (AvgIpc) is 2.72. The molecule has 2 N–H and O–H groups in total. The fourth-order valence-corrected chi connectivity index (χ4v) is 1.98. The third-order valence-corrected chi connectivity index (χ3v) is 2.72. The summed E-state index contributed by atoms with van der Waals surface area (Å²) in [6.07, 6.45) is -0.658. The first-order valence-electron chi connectivity index (χ1n) is 5.15. The van der Waals surface area contributed by atoms with E-state index in [0.29, 0.717) is 18.8 Å². The van der Waals surface area contributed by atoms with Crippen molar-refractivity contribution in [3.05, 3.63) is 24.0 Å². The molecule has 3 nitrogen and oxygen atoms in total. The van der Waals surface area contributed by atoms with Crippen molar-refractivity contribution in [3.8, 4) is 0 Å². The van der Waals surface area contributed by atoms with E-state index in [1.807, 2.05) is 4.90 Å². The zero-order valence-electron chi connectivity index (χ0n) is 9.23. The van der Waals surface area contributed by atoms with Gasteiger partial charge in [0.05, 0.1) is 0 Å². The number of rotatable bonds is 3. The van der Waals surface area contributed by atoms with Gasteiger partial charge in [0.25, 0.3) is 6.43 Å². The third-order valence-electron chi connectivity index (χ3n) is 2.72. The highest BCUT2D eigenvalue weighted by Gasteiger charge is 2.30. The minimum Gasteiger partial charge on any atom is -0.364 e. The van der Waals surface area contributed by atoms with Gasteiger partial charge in [-0.15, -0.1) is 24.8 Å². The number of nitrogens with zero attached hydrogens (tertiary/aromatic N) is 1. The minimum absolute atomic E-state index is 0. The van der Waals surface area contributed by atoms with E-state index in [1.165, 1.54) is 0 Å². The molecular weight excluding hydrogens is 271 g/mol. The standard InChI is InChI=1S/C10H15F2N3.2ClH/c11-10(12)9(8-2-1-3-14-8)15-6-4-13-5-7-15;;/h1-3,9-10,13-14H,4-7H2;2*1H/t9-;;/m0../s1. The highest BCUT2D eigenvalue weighted by Crippen LogP contribution is 2.26. The molecule has 1 aromatic rings. The maximum absolute atomic E-state index is 13.0. The Morgan fingerprint density at radius 1 is 1.18 bits per heavy atom. The molecule has 1 aromatic heterocycles. The quantitative estimate of drug-likeness (QED) is 0.892. The second kappa shape index (κ2) is 7.87. The van der Waals surface area contributed by atoms with Gasteiger partial charge in [0, 0.05) is 38.1 Å². The Morgan fingerprint density at radius 2 is 1.82 bits per heavy atom. The highest BCUT2D eigenvalue weighted by atomic mass is 35.5. The van der Waals surface area contributed by atoms with Crippen molar-refractivity contribution >= 4 is 24.8 Å². The van der Waals surface area contributed by atoms with Crippen LogP contribution in [0.4, 0.5) is 8.78 Å². The maximum atomic E-state index is 13.0. The molecule has 7 heteroatoms. The number of aromatic nitrogens is 1. The van der Waals surface area contributed by atoms with Crippen LogP contribution in [0.3, 0.4) is 0 Å². The lowest BCUT2D eigenvalue weighted by Gasteiger charge is -2.33. The lowest BCUT2D eigenvalue weighted by atomic mass is 10.1. The van der Waals surface area contributed by atoms with Crippen molar-refractivity contribution in [1.29, 1.82) is 0 Å². The maximum Gasteiger partial charge on any atom is 0.259 e. The average molecular weight is 288 g/mol. The molecule has 0 aromatic carbocycles. The first-order chi connectivity index (χ1) is 7.29. The fourth-order valence-electron chi connectivity index (χ4n) is 1.98. The molecule has 0 aliphatic carbocycles. The molecule has 1 fully saturated rings. The molecule has 0 radical (unpaired) electrons. The van der Waals surface area contributed by atoms with Gasteiger partial charge in [0.15, 0.2) is 0 Å². The summed E-state index contributed by atoms with van der Waals surface area (Å²) in [5.41, 5.74) is 0.604. The van der Waals surface area contributed by atoms with E-state index in [-0.39, 0.29) is 24.8 Å². The Labute approximate surface area is 112 Å². The smallest absolute Gasteiger partial charge is 0.259 e. The number of H-pyrrole nitrogens is 1. The van der Waals surface area contributed by atoms with Gasteiger partial charge in [-0.2, -0.15) is 0 Å². The van der Waals surface area contributed by atoms with E-state index in [0.717, 1.165) is 13.1 Å². The molecule has 1 aliphatic rings. The van der Waals surface area contributed by atoms with Crippen LogP contribution < -0.4 is 5.32 Å². The Balaban J connectivity index is 0.00000128. The molecular formula is C10H17Cl2F2N3. The van der Waals surface area contributed by atoms with E-state index >= 15 is 0 Å². The summed E-state index contributed by atoms with van der Waals surface area (Å²) in [7, 11) is 0. The Kier molecular flexibility index (Phi) is 7.70. The predicted molar refractivity (Wildman–Crippen MR) is 68.5 cm³/mol. The van der Waals surface area contributed by atoms with Crippen LogP contribution in [-0.2, 0) is 0 Å². The van der Waals surface area contributed by atoms with Gasteiger partial charge >= 0.3 is 0 Å². The van der Waals surface area contributed by atoms with Gasteiger partial charge in [-0.1, -0.05) is 0 Å². The van der Waals surface area contributed by atoms with Crippen LogP contribution in [0.15, 0.2) is 18.3 Å². The molecule has 1 atom stereocenters. The minimum atomic E-state index is -2.35. The number of hydrogen-bond acceptors (Lipinski definition) is 2. The largest absolute Gasteiger partial charge is 0.364 e. The normalized spacial score (nSPS) is 18.3. The number of hydrogen-bond donors (Lipinski definition) is 2. The third kappa shape index (κ3) is 4.10. The van der Waals surface area contributed by atoms with Gasteiger partial charge in [0.1, 0.15) is 6.04 Å². The lowest BCUT2D eigenvalue weighted by Crippen LogP contribution is -2.47. The van der Waals surface area contributed by atoms with E-state index in [4.69, 9.17) is 0 Å². The number of alkyl halides is 2. The number of aromatic amines is 1. The Morgan fingerprint density at radius 3 is 2.29 bits per heavy atom. The second-order valence-electron chi connectivity index (χ2n) is 3.69. The second-order valence-corrected chi connectivity index (χ2v) is 3.69. The molecule has 1 aliphatic heterocycles. The molecule has 0 amide bonds. The topological polar surface area (TPSA) is 31.1 Å². The predicted octanol–water partition coefficient (Wildman–Crippen LogP) is 2.07. The summed E-state index contributed by atoms with van der Waals surface area (Å²) in [6.45, 7) is 2.91. The van der Waals surface area contributed by atoms with Crippen LogP contribution in [0.25, 0.3) is 0 Å². The number of nitrogens with one attached hydrogen (secondary N) is 2. The van der Waals surface area contributed by atoms with E-state index in [9.17, 15) is 8.78 Å². The molecule has 2 rings (SSSR count). The summed E-state index contributed by atoms with van der Waals surface area (Å²) >= 11 is 0. The van der Waals surface area contributed by atoms with Crippen molar-refractivity contribution in [2.75, 3.05) is 26.2 Å². The zero-order chi connectivity index (χ0) is 10.7. The van der Waals surface area contributed by atoms with Crippen molar-refractivity contribution in [3.63, 3.8) is 0 Å². The molecule has 0 bridgehead atoms. The molecule has 100 valence electrons. The summed E-state index contributed by atoms with van der Waals surface area (Å²) < 4.78 is 25.9. The van der Waals surface area contributed by atoms with E-state index in [2.05, 4.69) is 10.3 Å². The van der Waals surface area contributed by atoms with Crippen LogP contribution in [0.5, 0.6) is 0 Å². The van der Waals surface area contributed by atoms with Crippen LogP contribution in [0.2, 0.25) is 0 Å². The summed E-state index contributed by atoms with van der Waals surface area (Å²) in [6, 6.07) is 2.69. The number of halogens is 4. The zero-order valence-corrected chi connectivity index (χ0v) is 10.9. The summed E-state index contributed by atoms with van der Waals surface area (Å²) in [4.78, 5) is 4.70. The van der Waals surface area contributed by atoms with Crippen molar-refractivity contribution in [2.24, 2.45) is 0 Å². The van der Waals surface area contributed by atoms with E-state index < -0.39 is 12.5 Å². The lowest BCUT2D eigenvalue weighted by molar-refractivity contribution is 0.0163. The van der Waals surface area contributed by atoms with Gasteiger partial charge in [-0.25, -0.2) is 8.78 Å². The van der Waals surface area contributed by atoms with Gasteiger partial charge in [-0.3, -0.25) is 4.90 Å². The first-order valence-corrected chi connectivity index (χ1v) is 5.15. The molecule has 0 spiro atoms. The van der Waals surface area contributed by atoms with Gasteiger partial charge in [0.2, 0.25) is 0 Å². The molecule has 1 saturated heterocycles. The van der Waals surface area contributed by atoms with Gasteiger partial charge < -0.3 is 10.3 Å². The number of piperazine rings is 1. The van der Waals surface area contributed by atoms with Crippen molar-refractivity contribution < 1.29 is 8.78 Å². The molecule has 2 heterocycles. The highest BCUT2D eigenvalue weighted by molar-refractivity contribution is 5.85. The van der Waals surface area contributed by atoms with Gasteiger partial charge in [-0.05, 0) is 12.1 Å². The Bertz CT molecular complexity index is 290. The van der Waals surface area contributed by atoms with Crippen LogP contribution in [-0.4, -0.2) is 42.5 Å². The SMILES string of the molecule is Cl.Cl.FC(F)[C@H](c1ccc[nH]1)N1CCNCC1. The summed E-state index contributed by atoms with van der Waals surface area (Å²) in [5, 5.41) is 3.16. The Hall–Kier alpha value is -0.360. The summed E-state index contributed by atoms with van der Waals surface area (Å²) in [5.74, 6) is 0.